The van der Waals surface area contributed by atoms with Crippen LogP contribution < -0.4 is 0 Å². The molecule has 3 heteroatoms. The van der Waals surface area contributed by atoms with Crippen LogP contribution >= 0.6 is 0 Å². The molecular formula is C11H19NO2. The quantitative estimate of drug-likeness (QED) is 0.745. The van der Waals surface area contributed by atoms with Gasteiger partial charge in [-0.25, -0.2) is 0 Å². The number of nitrogens with zero attached hydrogens (tertiary/aromatic N) is 1. The van der Waals surface area contributed by atoms with E-state index in [-0.39, 0.29) is 11.8 Å². The number of aliphatic hydroxyl groups is 1. The number of amides is 1. The summed E-state index contributed by atoms with van der Waals surface area (Å²) >= 11 is 0. The van der Waals surface area contributed by atoms with E-state index in [1.54, 1.807) is 18.0 Å². The van der Waals surface area contributed by atoms with Crippen molar-refractivity contribution in [2.45, 2.75) is 38.7 Å². The van der Waals surface area contributed by atoms with Crippen LogP contribution in [0.1, 0.15) is 32.6 Å². The van der Waals surface area contributed by atoms with Crippen LogP contribution in [0, 0.1) is 5.92 Å². The Balaban J connectivity index is 2.63. The summed E-state index contributed by atoms with van der Waals surface area (Å²) in [6.07, 6.45) is 4.77. The third-order valence-corrected chi connectivity index (χ3v) is 2.68. The average molecular weight is 197 g/mol. The van der Waals surface area contributed by atoms with E-state index in [0.29, 0.717) is 6.42 Å². The predicted octanol–water partition coefficient (Wildman–Crippen LogP) is 1.53. The third kappa shape index (κ3) is 2.84. The van der Waals surface area contributed by atoms with E-state index >= 15 is 0 Å². The minimum atomic E-state index is -0.395. The molecule has 2 unspecified atom stereocenters. The lowest BCUT2D eigenvalue weighted by atomic mass is 9.96. The van der Waals surface area contributed by atoms with Crippen LogP contribution in [0.2, 0.25) is 0 Å². The minimum absolute atomic E-state index is 0.0181. The van der Waals surface area contributed by atoms with Crippen molar-refractivity contribution in [1.82, 2.24) is 4.90 Å². The molecule has 3 nitrogen and oxygen atoms in total. The first kappa shape index (κ1) is 11.2. The van der Waals surface area contributed by atoms with Gasteiger partial charge in [-0.15, -0.1) is 0 Å². The van der Waals surface area contributed by atoms with E-state index in [1.165, 1.54) is 0 Å². The van der Waals surface area contributed by atoms with Crippen molar-refractivity contribution in [3.8, 4) is 0 Å². The first-order chi connectivity index (χ1) is 6.65. The van der Waals surface area contributed by atoms with Gasteiger partial charge in [0, 0.05) is 12.5 Å². The molecule has 0 spiro atoms. The Kier molecular flexibility index (Phi) is 4.14. The largest absolute Gasteiger partial charge is 0.393 e. The molecule has 1 heterocycles. The topological polar surface area (TPSA) is 40.5 Å². The molecule has 0 aliphatic carbocycles. The molecule has 0 saturated carbocycles. The number of likely N-dealkylation sites (tertiary alicyclic amines) is 1. The molecule has 0 aromatic heterocycles. The lowest BCUT2D eigenvalue weighted by Crippen LogP contribution is -2.31. The van der Waals surface area contributed by atoms with Gasteiger partial charge in [-0.3, -0.25) is 4.79 Å². The summed E-state index contributed by atoms with van der Waals surface area (Å²) in [6.45, 7) is 6.14. The highest BCUT2D eigenvalue weighted by atomic mass is 16.3. The van der Waals surface area contributed by atoms with Gasteiger partial charge in [0.15, 0.2) is 0 Å². The zero-order valence-corrected chi connectivity index (χ0v) is 8.78. The molecule has 0 aromatic rings. The highest BCUT2D eigenvalue weighted by Gasteiger charge is 2.26. The Labute approximate surface area is 85.4 Å². The van der Waals surface area contributed by atoms with Crippen molar-refractivity contribution < 1.29 is 9.90 Å². The molecule has 1 fully saturated rings. The maximum absolute atomic E-state index is 11.9. The Morgan fingerprint density at radius 2 is 2.43 bits per heavy atom. The fourth-order valence-corrected chi connectivity index (χ4v) is 1.95. The molecule has 1 rings (SSSR count). The lowest BCUT2D eigenvalue weighted by Gasteiger charge is -2.21. The molecular weight excluding hydrogens is 178 g/mol. The highest BCUT2D eigenvalue weighted by molar-refractivity contribution is 5.80. The maximum atomic E-state index is 11.9. The van der Waals surface area contributed by atoms with E-state index in [1.807, 2.05) is 0 Å². The standard InChI is InChI=1S/C11H19NO2/c1-3-12-7-5-4-6-10(11(12)14)8-9(2)13/h3,9-10,13H,1,4-8H2,2H3. The average Bonchev–Trinajstić information content (AvgIpc) is 2.29. The minimum Gasteiger partial charge on any atom is -0.393 e. The Morgan fingerprint density at radius 1 is 1.71 bits per heavy atom. The molecule has 1 aliphatic rings. The summed E-state index contributed by atoms with van der Waals surface area (Å²) in [7, 11) is 0. The molecule has 1 aliphatic heterocycles. The summed E-state index contributed by atoms with van der Waals surface area (Å²) < 4.78 is 0. The predicted molar refractivity (Wildman–Crippen MR) is 55.5 cm³/mol. The van der Waals surface area contributed by atoms with Gasteiger partial charge in [0.1, 0.15) is 0 Å². The van der Waals surface area contributed by atoms with Gasteiger partial charge in [-0.05, 0) is 32.4 Å². The monoisotopic (exact) mass is 197 g/mol. The SMILES string of the molecule is C=CN1CCCCC(CC(C)O)C1=O. The molecule has 14 heavy (non-hydrogen) atoms. The van der Waals surface area contributed by atoms with E-state index in [0.717, 1.165) is 25.8 Å². The van der Waals surface area contributed by atoms with Crippen LogP contribution in [0.3, 0.4) is 0 Å². The number of hydrogen-bond acceptors (Lipinski definition) is 2. The normalized spacial score (nSPS) is 25.7. The zero-order chi connectivity index (χ0) is 10.6. The Bertz CT molecular complexity index is 213. The molecule has 1 amide bonds. The van der Waals surface area contributed by atoms with Crippen LogP contribution in [0.5, 0.6) is 0 Å². The van der Waals surface area contributed by atoms with E-state index < -0.39 is 6.10 Å². The van der Waals surface area contributed by atoms with Crippen LogP contribution in [-0.2, 0) is 4.79 Å². The molecule has 0 radical (unpaired) electrons. The molecule has 80 valence electrons. The van der Waals surface area contributed by atoms with Gasteiger partial charge in [-0.1, -0.05) is 13.0 Å². The van der Waals surface area contributed by atoms with E-state index in [4.69, 9.17) is 0 Å². The molecule has 2 atom stereocenters. The first-order valence-corrected chi connectivity index (χ1v) is 5.26. The summed E-state index contributed by atoms with van der Waals surface area (Å²) in [4.78, 5) is 13.5. The molecule has 0 aromatic carbocycles. The second kappa shape index (κ2) is 5.15. The van der Waals surface area contributed by atoms with Crippen LogP contribution in [0.15, 0.2) is 12.8 Å². The van der Waals surface area contributed by atoms with Crippen molar-refractivity contribution in [3.05, 3.63) is 12.8 Å². The van der Waals surface area contributed by atoms with Crippen LogP contribution in [0.25, 0.3) is 0 Å². The van der Waals surface area contributed by atoms with Crippen LogP contribution in [-0.4, -0.2) is 28.6 Å². The molecule has 1 saturated heterocycles. The molecule has 1 N–H and O–H groups in total. The van der Waals surface area contributed by atoms with Crippen molar-refractivity contribution in [3.63, 3.8) is 0 Å². The van der Waals surface area contributed by atoms with Gasteiger partial charge in [0.05, 0.1) is 6.10 Å². The second-order valence-electron chi connectivity index (χ2n) is 3.99. The van der Waals surface area contributed by atoms with E-state index in [2.05, 4.69) is 6.58 Å². The van der Waals surface area contributed by atoms with Gasteiger partial charge < -0.3 is 10.0 Å². The first-order valence-electron chi connectivity index (χ1n) is 5.26. The number of aliphatic hydroxyl groups excluding tert-OH is 1. The lowest BCUT2D eigenvalue weighted by molar-refractivity contribution is -0.133. The van der Waals surface area contributed by atoms with Crippen molar-refractivity contribution in [2.75, 3.05) is 6.54 Å². The van der Waals surface area contributed by atoms with Crippen molar-refractivity contribution in [1.29, 1.82) is 0 Å². The van der Waals surface area contributed by atoms with Gasteiger partial charge in [-0.2, -0.15) is 0 Å². The fourth-order valence-electron chi connectivity index (χ4n) is 1.95. The Hall–Kier alpha value is -0.830. The number of carbonyl (C=O) groups excluding carboxylic acids is 1. The van der Waals surface area contributed by atoms with Gasteiger partial charge in [0.2, 0.25) is 5.91 Å². The second-order valence-corrected chi connectivity index (χ2v) is 3.99. The highest BCUT2D eigenvalue weighted by Crippen LogP contribution is 2.22. The number of rotatable bonds is 3. The number of carbonyl (C=O) groups is 1. The summed E-state index contributed by atoms with van der Waals surface area (Å²) in [5.74, 6) is 0.105. The smallest absolute Gasteiger partial charge is 0.229 e. The Morgan fingerprint density at radius 3 is 3.00 bits per heavy atom. The molecule has 0 bridgehead atoms. The fraction of sp³-hybridized carbons (Fsp3) is 0.727. The summed E-state index contributed by atoms with van der Waals surface area (Å²) in [6, 6.07) is 0. The van der Waals surface area contributed by atoms with Crippen LogP contribution in [0.4, 0.5) is 0 Å². The van der Waals surface area contributed by atoms with Gasteiger partial charge >= 0.3 is 0 Å². The van der Waals surface area contributed by atoms with Crippen molar-refractivity contribution in [2.24, 2.45) is 5.92 Å². The van der Waals surface area contributed by atoms with Gasteiger partial charge in [0.25, 0.3) is 0 Å². The van der Waals surface area contributed by atoms with E-state index in [9.17, 15) is 9.90 Å². The maximum Gasteiger partial charge on any atom is 0.229 e. The number of hydrogen-bond donors (Lipinski definition) is 1. The zero-order valence-electron chi connectivity index (χ0n) is 8.78. The van der Waals surface area contributed by atoms with Crippen molar-refractivity contribution >= 4 is 5.91 Å². The summed E-state index contributed by atoms with van der Waals surface area (Å²) in [5.41, 5.74) is 0. The third-order valence-electron chi connectivity index (χ3n) is 2.68. The summed E-state index contributed by atoms with van der Waals surface area (Å²) in [5, 5.41) is 9.28.